The summed E-state index contributed by atoms with van der Waals surface area (Å²) < 4.78 is 41.3. The van der Waals surface area contributed by atoms with Gasteiger partial charge in [-0.15, -0.1) is 0 Å². The molecule has 7 nitrogen and oxygen atoms in total. The first kappa shape index (κ1) is 30.7. The highest BCUT2D eigenvalue weighted by molar-refractivity contribution is 7.90. The molecule has 4 unspecified atom stereocenters. The van der Waals surface area contributed by atoms with E-state index >= 15 is 0 Å². The Bertz CT molecular complexity index is 1460. The molecule has 2 aromatic rings. The van der Waals surface area contributed by atoms with Gasteiger partial charge in [0.2, 0.25) is 10.0 Å². The molecule has 1 fully saturated rings. The Morgan fingerprint density at radius 1 is 1.09 bits per heavy atom. The van der Waals surface area contributed by atoms with Crippen molar-refractivity contribution in [2.24, 2.45) is 23.7 Å². The van der Waals surface area contributed by atoms with Crippen molar-refractivity contribution in [2.75, 3.05) is 38.3 Å². The zero-order valence-corrected chi connectivity index (χ0v) is 27.2. The van der Waals surface area contributed by atoms with Crippen LogP contribution in [0.15, 0.2) is 36.4 Å². The Kier molecular flexibility index (Phi) is 8.75. The average molecular weight is 629 g/mol. The highest BCUT2D eigenvalue weighted by Gasteiger charge is 2.44. The van der Waals surface area contributed by atoms with E-state index in [4.69, 9.17) is 21.1 Å². The molecule has 2 heterocycles. The van der Waals surface area contributed by atoms with Crippen LogP contribution in [0, 0.1) is 23.7 Å². The Morgan fingerprint density at radius 2 is 1.93 bits per heavy atom. The van der Waals surface area contributed by atoms with Crippen LogP contribution in [0.5, 0.6) is 5.75 Å². The molecule has 1 amide bonds. The van der Waals surface area contributed by atoms with Gasteiger partial charge in [-0.3, -0.25) is 4.79 Å². The number of carbonyl (C=O) groups excluding carboxylic acids is 1. The molecular formula is C34H45ClN2O5S. The largest absolute Gasteiger partial charge is 0.490 e. The second-order valence-corrected chi connectivity index (χ2v) is 16.1. The van der Waals surface area contributed by atoms with Crippen molar-refractivity contribution in [2.45, 2.75) is 75.9 Å². The number of methoxy groups -OCH3 is 1. The summed E-state index contributed by atoms with van der Waals surface area (Å²) >= 11 is 6.42. The lowest BCUT2D eigenvalue weighted by Crippen LogP contribution is -2.49. The van der Waals surface area contributed by atoms with Crippen LogP contribution in [0.1, 0.15) is 80.3 Å². The Labute approximate surface area is 261 Å². The van der Waals surface area contributed by atoms with Crippen molar-refractivity contribution >= 4 is 33.2 Å². The first-order valence-corrected chi connectivity index (χ1v) is 17.9. The van der Waals surface area contributed by atoms with Crippen molar-refractivity contribution in [3.05, 3.63) is 58.1 Å². The number of benzene rings is 2. The number of aryl methyl sites for hydroxylation is 1. The highest BCUT2D eigenvalue weighted by Crippen LogP contribution is 2.48. The second kappa shape index (κ2) is 12.2. The number of amides is 1. The quantitative estimate of drug-likeness (QED) is 0.416. The zero-order valence-electron chi connectivity index (χ0n) is 25.6. The Morgan fingerprint density at radius 3 is 2.70 bits per heavy atom. The van der Waals surface area contributed by atoms with Gasteiger partial charge in [-0.1, -0.05) is 31.0 Å². The third-order valence-electron chi connectivity index (χ3n) is 11.0. The minimum atomic E-state index is -3.85. The van der Waals surface area contributed by atoms with Crippen LogP contribution in [0.4, 0.5) is 5.69 Å². The highest BCUT2D eigenvalue weighted by atomic mass is 35.5. The van der Waals surface area contributed by atoms with Crippen LogP contribution < -0.4 is 14.4 Å². The normalized spacial score (nSPS) is 32.4. The van der Waals surface area contributed by atoms with Gasteiger partial charge in [-0.05, 0) is 117 Å². The van der Waals surface area contributed by atoms with Crippen LogP contribution in [0.3, 0.4) is 0 Å². The molecule has 1 saturated carbocycles. The maximum Gasteiger partial charge on any atom is 0.264 e. The predicted molar refractivity (Wildman–Crippen MR) is 171 cm³/mol. The van der Waals surface area contributed by atoms with Gasteiger partial charge >= 0.3 is 0 Å². The molecule has 6 rings (SSSR count). The molecule has 0 radical (unpaired) electrons. The van der Waals surface area contributed by atoms with Crippen molar-refractivity contribution in [3.63, 3.8) is 0 Å². The molecule has 4 aliphatic rings. The minimum absolute atomic E-state index is 0.0704. The lowest BCUT2D eigenvalue weighted by atomic mass is 9.65. The van der Waals surface area contributed by atoms with Gasteiger partial charge in [0.25, 0.3) is 5.91 Å². The molecule has 2 bridgehead atoms. The van der Waals surface area contributed by atoms with E-state index in [1.807, 2.05) is 25.1 Å². The fourth-order valence-corrected chi connectivity index (χ4v) is 9.64. The number of nitrogens with zero attached hydrogens (tertiary/aromatic N) is 1. The van der Waals surface area contributed by atoms with Gasteiger partial charge in [-0.2, -0.15) is 0 Å². The summed E-state index contributed by atoms with van der Waals surface area (Å²) in [6.07, 6.45) is 8.18. The minimum Gasteiger partial charge on any atom is -0.490 e. The van der Waals surface area contributed by atoms with Gasteiger partial charge in [0.15, 0.2) is 0 Å². The van der Waals surface area contributed by atoms with E-state index in [1.165, 1.54) is 24.0 Å². The number of nitrogens with one attached hydrogen (secondary N) is 1. The van der Waals surface area contributed by atoms with Crippen molar-refractivity contribution in [1.29, 1.82) is 0 Å². The number of ether oxygens (including phenoxy) is 2. The molecule has 9 heteroatoms. The Balaban J connectivity index is 1.41. The fraction of sp³-hybridized carbons (Fsp3) is 0.618. The van der Waals surface area contributed by atoms with E-state index in [1.54, 1.807) is 20.1 Å². The number of hydrogen-bond donors (Lipinski definition) is 1. The molecule has 43 heavy (non-hydrogen) atoms. The number of fused-ring (bicyclic) bond motifs is 4. The number of carbonyl (C=O) groups is 1. The van der Waals surface area contributed by atoms with Crippen LogP contribution in [0.2, 0.25) is 5.02 Å². The molecule has 1 spiro atoms. The molecule has 234 valence electrons. The van der Waals surface area contributed by atoms with Gasteiger partial charge in [-0.25, -0.2) is 13.1 Å². The number of anilines is 1. The molecule has 2 aliphatic carbocycles. The number of sulfonamides is 1. The van der Waals surface area contributed by atoms with Gasteiger partial charge in [0.1, 0.15) is 5.75 Å². The summed E-state index contributed by atoms with van der Waals surface area (Å²) in [6.45, 7) is 6.58. The summed E-state index contributed by atoms with van der Waals surface area (Å²) in [5.74, 6) is 1.59. The third-order valence-corrected chi connectivity index (χ3v) is 13.1. The molecule has 0 aromatic heterocycles. The number of hydrogen-bond acceptors (Lipinski definition) is 6. The molecule has 0 saturated heterocycles. The van der Waals surface area contributed by atoms with E-state index in [2.05, 4.69) is 21.8 Å². The van der Waals surface area contributed by atoms with Crippen molar-refractivity contribution < 1.29 is 22.7 Å². The van der Waals surface area contributed by atoms with Gasteiger partial charge in [0.05, 0.1) is 17.5 Å². The Hall–Kier alpha value is -2.29. The lowest BCUT2D eigenvalue weighted by molar-refractivity contribution is 0.0383. The standard InChI is InChI=1S/C34H45ClN2O5S/c1-22-6-4-7-27(19-41-3)29-12-9-26(29)18-37-20-34(15-5-8-24-16-28(35)11-13-30(24)34)21-42-32-14-10-25(17-31(32)37)33(38)36-43(39,40)23(22)2/h10-11,13-14,16-17,22-23,26-27,29H,4-9,12,15,18-21H2,1-3H3,(H,36,38)/t22?,23?,26?,27-,29?,34+/m1/s1. The SMILES string of the molecule is COC[C@H]1CCCC(C)C(C)S(=O)(=O)NC(=O)c2ccc3c(c2)N(CC2CCC21)C[C@@]1(CCCc2cc(Cl)ccc21)CO3. The van der Waals surface area contributed by atoms with Gasteiger partial charge in [0, 0.05) is 42.8 Å². The van der Waals surface area contributed by atoms with Crippen molar-refractivity contribution in [3.8, 4) is 5.75 Å². The molecule has 1 N–H and O–H groups in total. The second-order valence-electron chi connectivity index (χ2n) is 13.6. The van der Waals surface area contributed by atoms with Crippen LogP contribution in [-0.2, 0) is 26.6 Å². The molecule has 6 atom stereocenters. The average Bonchev–Trinajstić information content (AvgIpc) is 3.11. The third kappa shape index (κ3) is 6.04. The zero-order chi connectivity index (χ0) is 30.4. The van der Waals surface area contributed by atoms with E-state index < -0.39 is 21.2 Å². The van der Waals surface area contributed by atoms with Crippen LogP contribution >= 0.6 is 11.6 Å². The van der Waals surface area contributed by atoms with Crippen LogP contribution in [0.25, 0.3) is 0 Å². The molecular weight excluding hydrogens is 584 g/mol. The monoisotopic (exact) mass is 628 g/mol. The predicted octanol–water partition coefficient (Wildman–Crippen LogP) is 6.37. The van der Waals surface area contributed by atoms with E-state index in [0.717, 1.165) is 74.7 Å². The van der Waals surface area contributed by atoms with Gasteiger partial charge < -0.3 is 14.4 Å². The number of rotatable bonds is 2. The lowest BCUT2D eigenvalue weighted by Gasteiger charge is -2.47. The first-order chi connectivity index (χ1) is 20.6. The maximum absolute atomic E-state index is 13.4. The summed E-state index contributed by atoms with van der Waals surface area (Å²) in [6, 6.07) is 11.6. The summed E-state index contributed by atoms with van der Waals surface area (Å²) in [5, 5.41) is 0.0801. The summed E-state index contributed by atoms with van der Waals surface area (Å²) in [4.78, 5) is 15.8. The molecule has 2 aliphatic heterocycles. The fourth-order valence-electron chi connectivity index (χ4n) is 8.14. The number of halogens is 1. The van der Waals surface area contributed by atoms with E-state index in [-0.39, 0.29) is 11.3 Å². The first-order valence-electron chi connectivity index (χ1n) is 16.0. The molecule has 2 aromatic carbocycles. The summed E-state index contributed by atoms with van der Waals surface area (Å²) in [5.41, 5.74) is 3.58. The summed E-state index contributed by atoms with van der Waals surface area (Å²) in [7, 11) is -2.06. The van der Waals surface area contributed by atoms with E-state index in [9.17, 15) is 13.2 Å². The smallest absolute Gasteiger partial charge is 0.264 e. The van der Waals surface area contributed by atoms with Crippen LogP contribution in [-0.4, -0.2) is 53.0 Å². The van der Waals surface area contributed by atoms with Crippen molar-refractivity contribution in [1.82, 2.24) is 4.72 Å². The topological polar surface area (TPSA) is 84.9 Å². The van der Waals surface area contributed by atoms with E-state index in [0.29, 0.717) is 29.9 Å². The maximum atomic E-state index is 13.4.